The van der Waals surface area contributed by atoms with Crippen molar-refractivity contribution in [2.45, 2.75) is 45.1 Å². The first kappa shape index (κ1) is 20.2. The van der Waals surface area contributed by atoms with Crippen molar-refractivity contribution < 1.29 is 9.53 Å². The van der Waals surface area contributed by atoms with Gasteiger partial charge in [-0.1, -0.05) is 30.3 Å². The maximum absolute atomic E-state index is 11.7. The van der Waals surface area contributed by atoms with Crippen LogP contribution in [0, 0.1) is 11.8 Å². The second kappa shape index (κ2) is 11.3. The molecule has 0 aromatic heterocycles. The number of unbranched alkanes of at least 4 members (excludes halogenated alkanes) is 1. The molecule has 3 rings (SSSR count). The third-order valence-corrected chi connectivity index (χ3v) is 6.07. The molecule has 5 heteroatoms. The number of alkyl carbamates (subject to hydrolysis) is 1. The van der Waals surface area contributed by atoms with Gasteiger partial charge >= 0.3 is 6.09 Å². The zero-order chi connectivity index (χ0) is 18.7. The summed E-state index contributed by atoms with van der Waals surface area (Å²) in [7, 11) is 0. The summed E-state index contributed by atoms with van der Waals surface area (Å²) >= 11 is 0. The van der Waals surface area contributed by atoms with Crippen LogP contribution in [-0.4, -0.2) is 50.3 Å². The summed E-state index contributed by atoms with van der Waals surface area (Å²) in [6, 6.07) is 9.78. The second-order valence-corrected chi connectivity index (χ2v) is 7.96. The Kier molecular flexibility index (Phi) is 8.43. The van der Waals surface area contributed by atoms with E-state index in [4.69, 9.17) is 4.74 Å². The number of nitrogens with one attached hydrogen (secondary N) is 2. The van der Waals surface area contributed by atoms with Gasteiger partial charge in [0, 0.05) is 6.54 Å². The van der Waals surface area contributed by atoms with Crippen LogP contribution in [0.3, 0.4) is 0 Å². The van der Waals surface area contributed by atoms with Crippen LogP contribution < -0.4 is 10.6 Å². The number of carbonyl (C=O) groups is 1. The third kappa shape index (κ3) is 7.15. The molecular weight excluding hydrogens is 338 g/mol. The number of piperidine rings is 2. The Morgan fingerprint density at radius 2 is 1.74 bits per heavy atom. The molecule has 2 aliphatic rings. The molecule has 2 N–H and O–H groups in total. The fourth-order valence-electron chi connectivity index (χ4n) is 4.39. The number of likely N-dealkylation sites (tertiary alicyclic amines) is 1. The fraction of sp³-hybridized carbons (Fsp3) is 0.682. The van der Waals surface area contributed by atoms with Crippen molar-refractivity contribution in [2.75, 3.05) is 39.3 Å². The quantitative estimate of drug-likeness (QED) is 0.686. The van der Waals surface area contributed by atoms with Crippen molar-refractivity contribution in [3.05, 3.63) is 35.9 Å². The number of nitrogens with zero attached hydrogens (tertiary/aromatic N) is 1. The predicted octanol–water partition coefficient (Wildman–Crippen LogP) is 3.40. The molecule has 27 heavy (non-hydrogen) atoms. The summed E-state index contributed by atoms with van der Waals surface area (Å²) in [6.45, 7) is 7.11. The minimum absolute atomic E-state index is 0.318. The highest BCUT2D eigenvalue weighted by molar-refractivity contribution is 5.67. The van der Waals surface area contributed by atoms with Crippen molar-refractivity contribution in [1.29, 1.82) is 0 Å². The van der Waals surface area contributed by atoms with E-state index in [0.717, 1.165) is 36.8 Å². The van der Waals surface area contributed by atoms with Gasteiger partial charge in [0.15, 0.2) is 0 Å². The van der Waals surface area contributed by atoms with Crippen LogP contribution in [0.2, 0.25) is 0 Å². The molecule has 0 saturated carbocycles. The summed E-state index contributed by atoms with van der Waals surface area (Å²) in [5.41, 5.74) is 1.01. The monoisotopic (exact) mass is 373 g/mol. The number of carbonyl (C=O) groups excluding carboxylic acids is 1. The number of ether oxygens (including phenoxy) is 1. The summed E-state index contributed by atoms with van der Waals surface area (Å²) in [4.78, 5) is 14.3. The molecule has 150 valence electrons. The fourth-order valence-corrected chi connectivity index (χ4v) is 4.39. The summed E-state index contributed by atoms with van der Waals surface area (Å²) in [6.07, 6.45) is 7.31. The molecule has 0 bridgehead atoms. The van der Waals surface area contributed by atoms with Gasteiger partial charge in [-0.25, -0.2) is 4.79 Å². The molecule has 0 atom stereocenters. The van der Waals surface area contributed by atoms with Crippen molar-refractivity contribution in [3.63, 3.8) is 0 Å². The lowest BCUT2D eigenvalue weighted by Crippen LogP contribution is -2.39. The van der Waals surface area contributed by atoms with Gasteiger partial charge in [0.1, 0.15) is 6.61 Å². The molecule has 2 aliphatic heterocycles. The van der Waals surface area contributed by atoms with Gasteiger partial charge in [-0.3, -0.25) is 0 Å². The van der Waals surface area contributed by atoms with Crippen LogP contribution in [0.25, 0.3) is 0 Å². The van der Waals surface area contributed by atoms with Crippen LogP contribution in [-0.2, 0) is 11.3 Å². The minimum Gasteiger partial charge on any atom is -0.445 e. The standard InChI is InChI=1S/C22H35N3O2/c26-22(27-18-19-6-2-1-3-7-19)24-12-4-5-15-25-16-10-21(11-17-25)20-8-13-23-14-9-20/h1-3,6-7,20-21,23H,4-5,8-18H2,(H,24,26). The lowest BCUT2D eigenvalue weighted by molar-refractivity contribution is 0.128. The van der Waals surface area contributed by atoms with Gasteiger partial charge in [0.25, 0.3) is 0 Å². The molecule has 1 aromatic carbocycles. The van der Waals surface area contributed by atoms with E-state index in [1.165, 1.54) is 51.9 Å². The number of amides is 1. The van der Waals surface area contributed by atoms with Crippen LogP contribution in [0.4, 0.5) is 4.79 Å². The van der Waals surface area contributed by atoms with E-state index in [0.29, 0.717) is 13.2 Å². The van der Waals surface area contributed by atoms with Gasteiger partial charge in [-0.15, -0.1) is 0 Å². The van der Waals surface area contributed by atoms with Crippen LogP contribution in [0.15, 0.2) is 30.3 Å². The van der Waals surface area contributed by atoms with E-state index in [2.05, 4.69) is 15.5 Å². The van der Waals surface area contributed by atoms with E-state index < -0.39 is 0 Å². The van der Waals surface area contributed by atoms with Gasteiger partial charge in [-0.2, -0.15) is 0 Å². The molecule has 2 saturated heterocycles. The van der Waals surface area contributed by atoms with E-state index >= 15 is 0 Å². The molecule has 0 aliphatic carbocycles. The average Bonchev–Trinajstić information content (AvgIpc) is 2.74. The molecular formula is C22H35N3O2. The first-order valence-electron chi connectivity index (χ1n) is 10.7. The zero-order valence-corrected chi connectivity index (χ0v) is 16.5. The van der Waals surface area contributed by atoms with Crippen molar-refractivity contribution in [1.82, 2.24) is 15.5 Å². The summed E-state index contributed by atoms with van der Waals surface area (Å²) < 4.78 is 5.23. The van der Waals surface area contributed by atoms with Crippen molar-refractivity contribution in [3.8, 4) is 0 Å². The SMILES string of the molecule is O=C(NCCCCN1CCC(C2CCNCC2)CC1)OCc1ccccc1. The normalized spacial score (nSPS) is 19.7. The van der Waals surface area contributed by atoms with Crippen LogP contribution >= 0.6 is 0 Å². The van der Waals surface area contributed by atoms with Crippen LogP contribution in [0.5, 0.6) is 0 Å². The number of hydrogen-bond donors (Lipinski definition) is 2. The third-order valence-electron chi connectivity index (χ3n) is 6.07. The van der Waals surface area contributed by atoms with Crippen molar-refractivity contribution >= 4 is 6.09 Å². The summed E-state index contributed by atoms with van der Waals surface area (Å²) in [5.74, 6) is 1.91. The van der Waals surface area contributed by atoms with Gasteiger partial charge in [0.2, 0.25) is 0 Å². The molecule has 2 fully saturated rings. The minimum atomic E-state index is -0.318. The highest BCUT2D eigenvalue weighted by Gasteiger charge is 2.27. The molecule has 5 nitrogen and oxygen atoms in total. The lowest BCUT2D eigenvalue weighted by Gasteiger charge is -2.37. The highest BCUT2D eigenvalue weighted by atomic mass is 16.5. The maximum atomic E-state index is 11.7. The smallest absolute Gasteiger partial charge is 0.407 e. The molecule has 1 amide bonds. The largest absolute Gasteiger partial charge is 0.445 e. The number of benzene rings is 1. The Morgan fingerprint density at radius 1 is 1.04 bits per heavy atom. The van der Waals surface area contributed by atoms with E-state index in [-0.39, 0.29) is 6.09 Å². The lowest BCUT2D eigenvalue weighted by atomic mass is 9.79. The van der Waals surface area contributed by atoms with Crippen LogP contribution in [0.1, 0.15) is 44.1 Å². The Morgan fingerprint density at radius 3 is 2.48 bits per heavy atom. The zero-order valence-electron chi connectivity index (χ0n) is 16.5. The van der Waals surface area contributed by atoms with E-state index in [1.807, 2.05) is 30.3 Å². The van der Waals surface area contributed by atoms with Gasteiger partial charge in [0.05, 0.1) is 0 Å². The summed E-state index contributed by atoms with van der Waals surface area (Å²) in [5, 5.41) is 6.33. The Labute approximate surface area is 163 Å². The molecule has 0 unspecified atom stereocenters. The van der Waals surface area contributed by atoms with E-state index in [1.54, 1.807) is 0 Å². The van der Waals surface area contributed by atoms with E-state index in [9.17, 15) is 4.79 Å². The Balaban J connectivity index is 1.19. The number of hydrogen-bond acceptors (Lipinski definition) is 4. The first-order chi connectivity index (χ1) is 13.3. The maximum Gasteiger partial charge on any atom is 0.407 e. The highest BCUT2D eigenvalue weighted by Crippen LogP contribution is 2.30. The second-order valence-electron chi connectivity index (χ2n) is 7.96. The topological polar surface area (TPSA) is 53.6 Å². The number of rotatable bonds is 8. The molecule has 2 heterocycles. The van der Waals surface area contributed by atoms with Gasteiger partial charge in [-0.05, 0) is 88.6 Å². The average molecular weight is 374 g/mol. The first-order valence-corrected chi connectivity index (χ1v) is 10.7. The molecule has 0 spiro atoms. The Bertz CT molecular complexity index is 538. The Hall–Kier alpha value is -1.59. The predicted molar refractivity (Wildman–Crippen MR) is 109 cm³/mol. The van der Waals surface area contributed by atoms with Crippen molar-refractivity contribution in [2.24, 2.45) is 11.8 Å². The molecule has 0 radical (unpaired) electrons. The van der Waals surface area contributed by atoms with Gasteiger partial charge < -0.3 is 20.3 Å². The molecule has 1 aromatic rings.